The number of benzene rings is 1. The van der Waals surface area contributed by atoms with Gasteiger partial charge in [-0.3, -0.25) is 0 Å². The Labute approximate surface area is 95.1 Å². The number of aliphatic hydroxyl groups excluding tert-OH is 1. The molecule has 0 radical (unpaired) electrons. The van der Waals surface area contributed by atoms with E-state index in [0.717, 1.165) is 6.42 Å². The third-order valence-electron chi connectivity index (χ3n) is 2.65. The molecular formula is C12H17NOS. The summed E-state index contributed by atoms with van der Waals surface area (Å²) in [6.45, 7) is 0.228. The van der Waals surface area contributed by atoms with Crippen LogP contribution in [0, 0.1) is 0 Å². The normalized spacial score (nSPS) is 20.5. The monoisotopic (exact) mass is 223 g/mol. The minimum atomic E-state index is 0.228. The molecular weight excluding hydrogens is 206 g/mol. The lowest BCUT2D eigenvalue weighted by atomic mass is 10.1. The van der Waals surface area contributed by atoms with Crippen LogP contribution in [-0.4, -0.2) is 29.3 Å². The molecule has 1 aliphatic rings. The highest BCUT2D eigenvalue weighted by Crippen LogP contribution is 2.21. The van der Waals surface area contributed by atoms with Gasteiger partial charge in [-0.2, -0.15) is 11.8 Å². The molecule has 0 spiro atoms. The molecule has 0 aliphatic carbocycles. The molecule has 3 heteroatoms. The van der Waals surface area contributed by atoms with Crippen LogP contribution in [-0.2, 0) is 6.42 Å². The Hall–Kier alpha value is -0.670. The fourth-order valence-electron chi connectivity index (χ4n) is 1.78. The fourth-order valence-corrected chi connectivity index (χ4v) is 2.93. The van der Waals surface area contributed by atoms with Crippen molar-refractivity contribution in [1.29, 1.82) is 0 Å². The van der Waals surface area contributed by atoms with Crippen molar-refractivity contribution in [2.75, 3.05) is 23.4 Å². The van der Waals surface area contributed by atoms with Gasteiger partial charge in [0.2, 0.25) is 0 Å². The molecule has 1 aromatic rings. The predicted octanol–water partition coefficient (Wildman–Crippen LogP) is 2.14. The topological polar surface area (TPSA) is 32.3 Å². The van der Waals surface area contributed by atoms with E-state index in [2.05, 4.69) is 29.6 Å². The Kier molecular flexibility index (Phi) is 3.92. The summed E-state index contributed by atoms with van der Waals surface area (Å²) in [7, 11) is 0. The van der Waals surface area contributed by atoms with Crippen LogP contribution < -0.4 is 5.32 Å². The van der Waals surface area contributed by atoms with Gasteiger partial charge in [0.15, 0.2) is 0 Å². The van der Waals surface area contributed by atoms with Crippen molar-refractivity contribution in [2.24, 2.45) is 0 Å². The van der Waals surface area contributed by atoms with Crippen LogP contribution in [0.4, 0.5) is 5.69 Å². The van der Waals surface area contributed by atoms with Crippen molar-refractivity contribution in [3.05, 3.63) is 29.8 Å². The lowest BCUT2D eigenvalue weighted by Gasteiger charge is -2.12. The van der Waals surface area contributed by atoms with Crippen LogP contribution in [0.3, 0.4) is 0 Å². The van der Waals surface area contributed by atoms with Gasteiger partial charge in [0.1, 0.15) is 0 Å². The lowest BCUT2D eigenvalue weighted by molar-refractivity contribution is 0.299. The van der Waals surface area contributed by atoms with Crippen LogP contribution >= 0.6 is 11.8 Å². The van der Waals surface area contributed by atoms with E-state index in [-0.39, 0.29) is 6.61 Å². The van der Waals surface area contributed by atoms with E-state index in [9.17, 15) is 0 Å². The molecule has 1 aliphatic heterocycles. The second-order valence-electron chi connectivity index (χ2n) is 3.88. The van der Waals surface area contributed by atoms with Gasteiger partial charge in [0.25, 0.3) is 0 Å². The van der Waals surface area contributed by atoms with Gasteiger partial charge < -0.3 is 10.4 Å². The van der Waals surface area contributed by atoms with Crippen molar-refractivity contribution in [3.8, 4) is 0 Å². The molecule has 0 amide bonds. The number of nitrogens with one attached hydrogen (secondary N) is 1. The van der Waals surface area contributed by atoms with Crippen LogP contribution in [0.2, 0.25) is 0 Å². The third-order valence-corrected chi connectivity index (χ3v) is 3.82. The highest BCUT2D eigenvalue weighted by Gasteiger charge is 2.14. The minimum absolute atomic E-state index is 0.228. The van der Waals surface area contributed by atoms with Crippen LogP contribution in [0.15, 0.2) is 24.3 Å². The third kappa shape index (κ3) is 3.14. The molecule has 2 N–H and O–H groups in total. The Bertz CT molecular complexity index is 293. The van der Waals surface area contributed by atoms with Crippen LogP contribution in [0.5, 0.6) is 0 Å². The Morgan fingerprint density at radius 1 is 1.33 bits per heavy atom. The number of thioether (sulfide) groups is 1. The van der Waals surface area contributed by atoms with Crippen molar-refractivity contribution < 1.29 is 5.11 Å². The zero-order valence-corrected chi connectivity index (χ0v) is 9.59. The van der Waals surface area contributed by atoms with Gasteiger partial charge in [0.05, 0.1) is 0 Å². The lowest BCUT2D eigenvalue weighted by Crippen LogP contribution is -2.17. The molecule has 1 atom stereocenters. The maximum atomic E-state index is 8.80. The summed E-state index contributed by atoms with van der Waals surface area (Å²) in [6, 6.07) is 9.02. The average molecular weight is 223 g/mol. The molecule has 82 valence electrons. The van der Waals surface area contributed by atoms with Gasteiger partial charge in [-0.25, -0.2) is 0 Å². The van der Waals surface area contributed by atoms with Crippen molar-refractivity contribution in [1.82, 2.24) is 0 Å². The van der Waals surface area contributed by atoms with Crippen LogP contribution in [0.25, 0.3) is 0 Å². The van der Waals surface area contributed by atoms with E-state index in [1.165, 1.54) is 29.2 Å². The van der Waals surface area contributed by atoms with E-state index < -0.39 is 0 Å². The summed E-state index contributed by atoms with van der Waals surface area (Å²) in [5, 5.41) is 12.3. The first kappa shape index (κ1) is 10.8. The summed E-state index contributed by atoms with van der Waals surface area (Å²) in [5.74, 6) is 2.50. The Morgan fingerprint density at radius 3 is 2.73 bits per heavy atom. The number of hydrogen-bond acceptors (Lipinski definition) is 3. The molecule has 15 heavy (non-hydrogen) atoms. The summed E-state index contributed by atoms with van der Waals surface area (Å²) in [5.41, 5.74) is 2.40. The predicted molar refractivity (Wildman–Crippen MR) is 66.6 cm³/mol. The Morgan fingerprint density at radius 2 is 2.13 bits per heavy atom. The van der Waals surface area contributed by atoms with E-state index >= 15 is 0 Å². The smallest absolute Gasteiger partial charge is 0.0471 e. The highest BCUT2D eigenvalue weighted by molar-refractivity contribution is 7.99. The molecule has 0 aromatic heterocycles. The van der Waals surface area contributed by atoms with Crippen molar-refractivity contribution >= 4 is 17.4 Å². The van der Waals surface area contributed by atoms with Gasteiger partial charge in [-0.15, -0.1) is 0 Å². The van der Waals surface area contributed by atoms with Crippen molar-refractivity contribution in [2.45, 2.75) is 18.9 Å². The maximum Gasteiger partial charge on any atom is 0.0471 e. The van der Waals surface area contributed by atoms with Gasteiger partial charge in [-0.1, -0.05) is 12.1 Å². The molecule has 1 heterocycles. The van der Waals surface area contributed by atoms with E-state index in [4.69, 9.17) is 5.11 Å². The molecule has 1 unspecified atom stereocenters. The molecule has 0 saturated carbocycles. The molecule has 1 saturated heterocycles. The molecule has 1 fully saturated rings. The van der Waals surface area contributed by atoms with E-state index in [1.807, 2.05) is 11.8 Å². The van der Waals surface area contributed by atoms with E-state index in [0.29, 0.717) is 6.04 Å². The van der Waals surface area contributed by atoms with Crippen molar-refractivity contribution in [3.63, 3.8) is 0 Å². The first-order valence-electron chi connectivity index (χ1n) is 5.42. The SMILES string of the molecule is OCCc1ccc(NC2CCSC2)cc1. The average Bonchev–Trinajstić information content (AvgIpc) is 2.74. The first-order valence-corrected chi connectivity index (χ1v) is 6.58. The molecule has 2 nitrogen and oxygen atoms in total. The quantitative estimate of drug-likeness (QED) is 0.820. The number of rotatable bonds is 4. The second kappa shape index (κ2) is 5.42. The largest absolute Gasteiger partial charge is 0.396 e. The van der Waals surface area contributed by atoms with Crippen LogP contribution in [0.1, 0.15) is 12.0 Å². The standard InChI is InChI=1S/C12H17NOS/c14-7-5-10-1-3-11(4-2-10)13-12-6-8-15-9-12/h1-4,12-14H,5-9H2. The molecule has 0 bridgehead atoms. The number of hydrogen-bond donors (Lipinski definition) is 2. The maximum absolute atomic E-state index is 8.80. The minimum Gasteiger partial charge on any atom is -0.396 e. The number of anilines is 1. The van der Waals surface area contributed by atoms with Gasteiger partial charge >= 0.3 is 0 Å². The fraction of sp³-hybridized carbons (Fsp3) is 0.500. The summed E-state index contributed by atoms with van der Waals surface area (Å²) < 4.78 is 0. The number of aliphatic hydroxyl groups is 1. The molecule has 2 rings (SSSR count). The first-order chi connectivity index (χ1) is 7.38. The zero-order valence-electron chi connectivity index (χ0n) is 8.78. The van der Waals surface area contributed by atoms with Gasteiger partial charge in [-0.05, 0) is 36.3 Å². The summed E-state index contributed by atoms with van der Waals surface area (Å²) in [4.78, 5) is 0. The highest BCUT2D eigenvalue weighted by atomic mass is 32.2. The summed E-state index contributed by atoms with van der Waals surface area (Å²) in [6.07, 6.45) is 2.02. The molecule has 1 aromatic carbocycles. The summed E-state index contributed by atoms with van der Waals surface area (Å²) >= 11 is 2.02. The zero-order chi connectivity index (χ0) is 10.5. The van der Waals surface area contributed by atoms with E-state index in [1.54, 1.807) is 0 Å². The van der Waals surface area contributed by atoms with Gasteiger partial charge in [0, 0.05) is 24.1 Å². The second-order valence-corrected chi connectivity index (χ2v) is 5.03. The Balaban J connectivity index is 1.91.